The Morgan fingerprint density at radius 2 is 1.83 bits per heavy atom. The summed E-state index contributed by atoms with van der Waals surface area (Å²) >= 11 is 0. The van der Waals surface area contributed by atoms with Gasteiger partial charge in [-0.3, -0.25) is 4.79 Å². The molecule has 2 aliphatic rings. The fourth-order valence-electron chi connectivity index (χ4n) is 3.06. The molecule has 0 bridgehead atoms. The summed E-state index contributed by atoms with van der Waals surface area (Å²) in [7, 11) is 0. The monoisotopic (exact) mass is 314 g/mol. The second kappa shape index (κ2) is 5.37. The van der Waals surface area contributed by atoms with Crippen LogP contribution >= 0.6 is 0 Å². The summed E-state index contributed by atoms with van der Waals surface area (Å²) in [6.45, 7) is 3.19. The number of carbonyl (C=O) groups excluding carboxylic acids is 1. The van der Waals surface area contributed by atoms with Gasteiger partial charge < -0.3 is 14.0 Å². The molecule has 6 heteroatoms. The molecular formula is C17H18N2O4. The number of aromatic nitrogens is 2. The van der Waals surface area contributed by atoms with Crippen molar-refractivity contribution < 1.29 is 18.8 Å². The zero-order chi connectivity index (χ0) is 15.9. The fourth-order valence-corrected chi connectivity index (χ4v) is 3.06. The largest absolute Gasteiger partial charge is 0.486 e. The van der Waals surface area contributed by atoms with Crippen LogP contribution < -0.4 is 9.47 Å². The van der Waals surface area contributed by atoms with E-state index in [1.54, 1.807) is 0 Å². The minimum Gasteiger partial charge on any atom is -0.486 e. The van der Waals surface area contributed by atoms with Crippen LogP contribution in [-0.4, -0.2) is 29.1 Å². The zero-order valence-corrected chi connectivity index (χ0v) is 13.0. The van der Waals surface area contributed by atoms with Gasteiger partial charge in [0.2, 0.25) is 11.7 Å². The van der Waals surface area contributed by atoms with E-state index in [0.717, 1.165) is 24.2 Å². The molecule has 0 saturated heterocycles. The molecule has 6 nitrogen and oxygen atoms in total. The van der Waals surface area contributed by atoms with E-state index < -0.39 is 0 Å². The van der Waals surface area contributed by atoms with Gasteiger partial charge in [0, 0.05) is 23.8 Å². The summed E-state index contributed by atoms with van der Waals surface area (Å²) in [5.41, 5.74) is 0.618. The van der Waals surface area contributed by atoms with Gasteiger partial charge in [-0.15, -0.1) is 0 Å². The van der Waals surface area contributed by atoms with E-state index in [9.17, 15) is 4.79 Å². The lowest BCUT2D eigenvalue weighted by Gasteiger charge is -2.28. The second-order valence-electron chi connectivity index (χ2n) is 6.38. The molecule has 1 aliphatic carbocycles. The SMILES string of the molecule is CC1(c2nc(-c3ccc4c(c3)OCCO4)no2)CCC(=O)CC1. The van der Waals surface area contributed by atoms with Crippen molar-refractivity contribution in [2.45, 2.75) is 38.0 Å². The third-order valence-electron chi connectivity index (χ3n) is 4.65. The van der Waals surface area contributed by atoms with Crippen LogP contribution in [0.1, 0.15) is 38.5 Å². The first-order valence-electron chi connectivity index (χ1n) is 7.90. The smallest absolute Gasteiger partial charge is 0.232 e. The molecule has 2 heterocycles. The average molecular weight is 314 g/mol. The summed E-state index contributed by atoms with van der Waals surface area (Å²) in [6.07, 6.45) is 2.68. The molecule has 0 N–H and O–H groups in total. The van der Waals surface area contributed by atoms with Crippen molar-refractivity contribution in [1.82, 2.24) is 10.1 Å². The number of Topliss-reactive ketones (excluding diaryl/α,β-unsaturated/α-hetero) is 1. The third-order valence-corrected chi connectivity index (χ3v) is 4.65. The van der Waals surface area contributed by atoms with Crippen LogP contribution in [0.2, 0.25) is 0 Å². The van der Waals surface area contributed by atoms with Crippen molar-refractivity contribution in [1.29, 1.82) is 0 Å². The highest BCUT2D eigenvalue weighted by Gasteiger charge is 2.37. The van der Waals surface area contributed by atoms with Crippen molar-refractivity contribution in [2.75, 3.05) is 13.2 Å². The molecule has 1 aromatic carbocycles. The number of fused-ring (bicyclic) bond motifs is 1. The highest BCUT2D eigenvalue weighted by atomic mass is 16.6. The summed E-state index contributed by atoms with van der Waals surface area (Å²) in [4.78, 5) is 16.0. The lowest BCUT2D eigenvalue weighted by atomic mass is 9.75. The molecule has 1 saturated carbocycles. The number of hydrogen-bond acceptors (Lipinski definition) is 6. The Hall–Kier alpha value is -2.37. The van der Waals surface area contributed by atoms with Gasteiger partial charge in [0.25, 0.3) is 0 Å². The highest BCUT2D eigenvalue weighted by molar-refractivity contribution is 5.79. The van der Waals surface area contributed by atoms with Gasteiger partial charge in [0.05, 0.1) is 0 Å². The minimum atomic E-state index is -0.215. The molecule has 1 aliphatic heterocycles. The number of benzene rings is 1. The summed E-state index contributed by atoms with van der Waals surface area (Å²) in [5, 5.41) is 4.11. The number of nitrogens with zero attached hydrogens (tertiary/aromatic N) is 2. The Bertz CT molecular complexity index is 743. The van der Waals surface area contributed by atoms with Gasteiger partial charge in [0.15, 0.2) is 11.5 Å². The third kappa shape index (κ3) is 2.58. The van der Waals surface area contributed by atoms with Crippen molar-refractivity contribution >= 4 is 5.78 Å². The number of rotatable bonds is 2. The lowest BCUT2D eigenvalue weighted by Crippen LogP contribution is -2.29. The Morgan fingerprint density at radius 1 is 1.09 bits per heavy atom. The fraction of sp³-hybridized carbons (Fsp3) is 0.471. The maximum Gasteiger partial charge on any atom is 0.232 e. The Labute approximate surface area is 133 Å². The maximum absolute atomic E-state index is 11.5. The molecule has 1 aromatic heterocycles. The van der Waals surface area contributed by atoms with Crippen LogP contribution in [-0.2, 0) is 10.2 Å². The Morgan fingerprint density at radius 3 is 2.61 bits per heavy atom. The van der Waals surface area contributed by atoms with E-state index in [1.807, 2.05) is 18.2 Å². The first kappa shape index (κ1) is 14.2. The second-order valence-corrected chi connectivity index (χ2v) is 6.38. The molecular weight excluding hydrogens is 296 g/mol. The van der Waals surface area contributed by atoms with Crippen LogP contribution in [0.5, 0.6) is 11.5 Å². The van der Waals surface area contributed by atoms with Crippen molar-refractivity contribution in [3.63, 3.8) is 0 Å². The van der Waals surface area contributed by atoms with Crippen LogP contribution in [0.3, 0.4) is 0 Å². The van der Waals surface area contributed by atoms with E-state index in [4.69, 9.17) is 14.0 Å². The van der Waals surface area contributed by atoms with Gasteiger partial charge in [-0.1, -0.05) is 12.1 Å². The van der Waals surface area contributed by atoms with Crippen molar-refractivity contribution in [2.24, 2.45) is 0 Å². The van der Waals surface area contributed by atoms with Gasteiger partial charge in [-0.25, -0.2) is 0 Å². The van der Waals surface area contributed by atoms with Crippen LogP contribution in [0.4, 0.5) is 0 Å². The molecule has 4 rings (SSSR count). The average Bonchev–Trinajstić information content (AvgIpc) is 3.08. The van der Waals surface area contributed by atoms with E-state index in [0.29, 0.717) is 49.3 Å². The number of carbonyl (C=O) groups is 1. The summed E-state index contributed by atoms with van der Waals surface area (Å²) in [5.74, 6) is 2.90. The predicted molar refractivity (Wildman–Crippen MR) is 81.6 cm³/mol. The van der Waals surface area contributed by atoms with E-state index in [2.05, 4.69) is 17.1 Å². The molecule has 0 amide bonds. The highest BCUT2D eigenvalue weighted by Crippen LogP contribution is 2.38. The van der Waals surface area contributed by atoms with Gasteiger partial charge in [-0.2, -0.15) is 4.98 Å². The summed E-state index contributed by atoms with van der Waals surface area (Å²) in [6, 6.07) is 5.63. The zero-order valence-electron chi connectivity index (χ0n) is 13.0. The first-order chi connectivity index (χ1) is 11.1. The first-order valence-corrected chi connectivity index (χ1v) is 7.90. The number of ketones is 1. The number of ether oxygens (including phenoxy) is 2. The van der Waals surface area contributed by atoms with Gasteiger partial charge in [-0.05, 0) is 31.0 Å². The Kier molecular flexibility index (Phi) is 3.32. The molecule has 0 radical (unpaired) electrons. The molecule has 0 atom stereocenters. The van der Waals surface area contributed by atoms with E-state index in [1.165, 1.54) is 0 Å². The number of hydrogen-bond donors (Lipinski definition) is 0. The van der Waals surface area contributed by atoms with Crippen LogP contribution in [0, 0.1) is 0 Å². The molecule has 0 spiro atoms. The van der Waals surface area contributed by atoms with Gasteiger partial charge >= 0.3 is 0 Å². The molecule has 23 heavy (non-hydrogen) atoms. The maximum atomic E-state index is 11.5. The molecule has 0 unspecified atom stereocenters. The van der Waals surface area contributed by atoms with Gasteiger partial charge in [0.1, 0.15) is 19.0 Å². The van der Waals surface area contributed by atoms with E-state index >= 15 is 0 Å². The standard InChI is InChI=1S/C17H18N2O4/c1-17(6-4-12(20)5-7-17)16-18-15(19-23-16)11-2-3-13-14(10-11)22-9-8-21-13/h2-3,10H,4-9H2,1H3. The van der Waals surface area contributed by atoms with Crippen molar-refractivity contribution in [3.05, 3.63) is 24.1 Å². The predicted octanol–water partition coefficient (Wildman–Crippen LogP) is 2.91. The van der Waals surface area contributed by atoms with Crippen LogP contribution in [0.25, 0.3) is 11.4 Å². The molecule has 120 valence electrons. The molecule has 1 fully saturated rings. The quantitative estimate of drug-likeness (QED) is 0.848. The topological polar surface area (TPSA) is 74.5 Å². The minimum absolute atomic E-state index is 0.215. The lowest BCUT2D eigenvalue weighted by molar-refractivity contribution is -0.121. The van der Waals surface area contributed by atoms with Crippen LogP contribution in [0.15, 0.2) is 22.7 Å². The molecule has 2 aromatic rings. The normalized spacial score (nSPS) is 19.6. The van der Waals surface area contributed by atoms with E-state index in [-0.39, 0.29) is 5.41 Å². The van der Waals surface area contributed by atoms with Crippen molar-refractivity contribution in [3.8, 4) is 22.9 Å². The summed E-state index contributed by atoms with van der Waals surface area (Å²) < 4.78 is 16.6. The Balaban J connectivity index is 1.62.